The zero-order valence-electron chi connectivity index (χ0n) is 20.1. The first-order valence-electron chi connectivity index (χ1n) is 12.1. The third kappa shape index (κ3) is 6.17. The number of halogens is 3. The molecule has 2 N–H and O–H groups in total. The molecule has 0 saturated heterocycles. The van der Waals surface area contributed by atoms with Crippen LogP contribution in [0.3, 0.4) is 0 Å². The van der Waals surface area contributed by atoms with Crippen LogP contribution < -0.4 is 10.1 Å². The predicted octanol–water partition coefficient (Wildman–Crippen LogP) is 6.72. The fourth-order valence-electron chi connectivity index (χ4n) is 4.56. The number of hydrogen-bond donors (Lipinski definition) is 2. The number of anilines is 1. The number of alkyl halides is 3. The molecule has 1 atom stereocenters. The molecule has 1 aliphatic rings. The normalized spacial score (nSPS) is 14.9. The van der Waals surface area contributed by atoms with Crippen molar-refractivity contribution in [3.05, 3.63) is 76.9 Å². The van der Waals surface area contributed by atoms with Crippen LogP contribution in [0.2, 0.25) is 0 Å². The molecule has 1 aromatic heterocycles. The first-order valence-corrected chi connectivity index (χ1v) is 12.1. The summed E-state index contributed by atoms with van der Waals surface area (Å²) in [5.41, 5.74) is 3.73. The Morgan fingerprint density at radius 3 is 2.61 bits per heavy atom. The summed E-state index contributed by atoms with van der Waals surface area (Å²) in [5.74, 6) is -0.284. The second-order valence-electron chi connectivity index (χ2n) is 8.96. The molecule has 3 aromatic rings. The quantitative estimate of drug-likeness (QED) is 0.304. The van der Waals surface area contributed by atoms with Crippen molar-refractivity contribution in [2.75, 3.05) is 18.5 Å². The molecule has 0 fully saturated rings. The molecule has 0 amide bonds. The number of fused-ring (bicyclic) bond motifs is 1. The molecule has 36 heavy (non-hydrogen) atoms. The van der Waals surface area contributed by atoms with Gasteiger partial charge in [-0.2, -0.15) is 13.2 Å². The Labute approximate surface area is 208 Å². The number of aromatic nitrogens is 1. The van der Waals surface area contributed by atoms with Crippen molar-refractivity contribution in [2.45, 2.75) is 51.1 Å². The van der Waals surface area contributed by atoms with Gasteiger partial charge in [-0.15, -0.1) is 0 Å². The van der Waals surface area contributed by atoms with Gasteiger partial charge in [0.25, 0.3) is 0 Å². The molecule has 1 aliphatic carbocycles. The maximum Gasteiger partial charge on any atom is 0.419 e. The number of nitrogens with zero attached hydrogens (tertiary/aromatic N) is 1. The summed E-state index contributed by atoms with van der Waals surface area (Å²) in [6.45, 7) is 2.63. The van der Waals surface area contributed by atoms with Crippen molar-refractivity contribution in [2.24, 2.45) is 0 Å². The van der Waals surface area contributed by atoms with Crippen molar-refractivity contribution in [3.63, 3.8) is 0 Å². The van der Waals surface area contributed by atoms with Gasteiger partial charge in [0.15, 0.2) is 0 Å². The highest BCUT2D eigenvalue weighted by atomic mass is 19.4. The fraction of sp³-hybridized carbons (Fsp3) is 0.357. The molecule has 8 heteroatoms. The summed E-state index contributed by atoms with van der Waals surface area (Å²) < 4.78 is 46.4. The van der Waals surface area contributed by atoms with E-state index >= 15 is 0 Å². The van der Waals surface area contributed by atoms with E-state index in [-0.39, 0.29) is 24.7 Å². The Kier molecular flexibility index (Phi) is 7.82. The topological polar surface area (TPSA) is 71.5 Å². The van der Waals surface area contributed by atoms with Gasteiger partial charge in [-0.05, 0) is 72.6 Å². The maximum absolute atomic E-state index is 13.5. The number of rotatable bonds is 10. The van der Waals surface area contributed by atoms with E-state index in [1.165, 1.54) is 6.07 Å². The lowest BCUT2D eigenvalue weighted by Crippen LogP contribution is -2.15. The summed E-state index contributed by atoms with van der Waals surface area (Å²) in [6, 6.07) is 15.8. The first kappa shape index (κ1) is 25.5. The Bertz CT molecular complexity index is 1210. The first-order chi connectivity index (χ1) is 17.2. The van der Waals surface area contributed by atoms with Gasteiger partial charge in [0.05, 0.1) is 24.3 Å². The third-order valence-corrected chi connectivity index (χ3v) is 6.48. The lowest BCUT2D eigenvalue weighted by Gasteiger charge is -2.15. The summed E-state index contributed by atoms with van der Waals surface area (Å²) in [7, 11) is 0. The highest BCUT2D eigenvalue weighted by molar-refractivity contribution is 5.68. The van der Waals surface area contributed by atoms with Crippen molar-refractivity contribution in [1.29, 1.82) is 0 Å². The highest BCUT2D eigenvalue weighted by Gasteiger charge is 2.34. The van der Waals surface area contributed by atoms with E-state index in [9.17, 15) is 18.0 Å². The summed E-state index contributed by atoms with van der Waals surface area (Å²) in [4.78, 5) is 15.3. The predicted molar refractivity (Wildman–Crippen MR) is 132 cm³/mol. The number of carboxylic acid groups (broad SMARTS) is 1. The van der Waals surface area contributed by atoms with Gasteiger partial charge in [-0.25, -0.2) is 4.98 Å². The number of nitrogens with one attached hydrogen (secondary N) is 1. The van der Waals surface area contributed by atoms with Crippen molar-refractivity contribution in [1.82, 2.24) is 4.98 Å². The van der Waals surface area contributed by atoms with Crippen molar-refractivity contribution >= 4 is 11.8 Å². The monoisotopic (exact) mass is 498 g/mol. The molecule has 0 radical (unpaired) electrons. The average molecular weight is 499 g/mol. The largest absolute Gasteiger partial charge is 0.494 e. The summed E-state index contributed by atoms with van der Waals surface area (Å²) >= 11 is 0. The SMILES string of the molecule is CCc1ccc(-c2ccc(C(F)(F)F)c(NCCCOc3ccc4c(c3)CC[C@H]4CC(=O)O)n2)cc1. The summed E-state index contributed by atoms with van der Waals surface area (Å²) in [6.07, 6.45) is -1.41. The van der Waals surface area contributed by atoms with Crippen LogP contribution in [0, 0.1) is 0 Å². The minimum Gasteiger partial charge on any atom is -0.494 e. The second kappa shape index (κ2) is 11.0. The van der Waals surface area contributed by atoms with Gasteiger partial charge >= 0.3 is 12.1 Å². The molecule has 0 aliphatic heterocycles. The fourth-order valence-corrected chi connectivity index (χ4v) is 4.56. The van der Waals surface area contributed by atoms with Gasteiger partial charge in [0.2, 0.25) is 0 Å². The van der Waals surface area contributed by atoms with Crippen LogP contribution in [0.1, 0.15) is 54.4 Å². The van der Waals surface area contributed by atoms with Gasteiger partial charge in [0.1, 0.15) is 11.6 Å². The van der Waals surface area contributed by atoms with E-state index in [4.69, 9.17) is 9.84 Å². The van der Waals surface area contributed by atoms with Crippen molar-refractivity contribution in [3.8, 4) is 17.0 Å². The molecule has 0 bridgehead atoms. The third-order valence-electron chi connectivity index (χ3n) is 6.48. The molecule has 190 valence electrons. The average Bonchev–Trinajstić information content (AvgIpc) is 3.24. The number of carbonyl (C=O) groups is 1. The van der Waals surface area contributed by atoms with Gasteiger partial charge in [-0.1, -0.05) is 37.3 Å². The van der Waals surface area contributed by atoms with Crippen LogP contribution in [0.4, 0.5) is 19.0 Å². The number of aliphatic carboxylic acids is 1. The Balaban J connectivity index is 1.36. The number of carboxylic acids is 1. The number of benzene rings is 2. The minimum atomic E-state index is -4.51. The van der Waals surface area contributed by atoms with E-state index in [2.05, 4.69) is 10.3 Å². The van der Waals surface area contributed by atoms with Crippen LogP contribution in [0.5, 0.6) is 5.75 Å². The van der Waals surface area contributed by atoms with E-state index in [0.717, 1.165) is 47.6 Å². The number of hydrogen-bond acceptors (Lipinski definition) is 4. The van der Waals surface area contributed by atoms with Crippen LogP contribution in [0.15, 0.2) is 54.6 Å². The van der Waals surface area contributed by atoms with Crippen LogP contribution in [-0.4, -0.2) is 29.2 Å². The number of ether oxygens (including phenoxy) is 1. The molecular weight excluding hydrogens is 469 g/mol. The Morgan fingerprint density at radius 2 is 1.92 bits per heavy atom. The molecule has 1 heterocycles. The Morgan fingerprint density at radius 1 is 1.14 bits per heavy atom. The zero-order valence-corrected chi connectivity index (χ0v) is 20.1. The molecule has 5 nitrogen and oxygen atoms in total. The van der Waals surface area contributed by atoms with Gasteiger partial charge in [-0.3, -0.25) is 4.79 Å². The molecule has 4 rings (SSSR count). The molecule has 2 aromatic carbocycles. The van der Waals surface area contributed by atoms with E-state index in [1.807, 2.05) is 49.4 Å². The van der Waals surface area contributed by atoms with Gasteiger partial charge < -0.3 is 15.2 Å². The number of aryl methyl sites for hydroxylation is 2. The second-order valence-corrected chi connectivity index (χ2v) is 8.96. The Hall–Kier alpha value is -3.55. The lowest BCUT2D eigenvalue weighted by atomic mass is 9.98. The van der Waals surface area contributed by atoms with Crippen LogP contribution in [-0.2, 0) is 23.8 Å². The molecule has 0 saturated carbocycles. The van der Waals surface area contributed by atoms with Crippen molar-refractivity contribution < 1.29 is 27.8 Å². The summed E-state index contributed by atoms with van der Waals surface area (Å²) in [5, 5.41) is 11.9. The smallest absolute Gasteiger partial charge is 0.419 e. The lowest BCUT2D eigenvalue weighted by molar-refractivity contribution is -0.138. The number of pyridine rings is 1. The molecular formula is C28H29F3N2O3. The van der Waals surface area contributed by atoms with Crippen LogP contribution >= 0.6 is 0 Å². The van der Waals surface area contributed by atoms with E-state index in [1.54, 1.807) is 0 Å². The van der Waals surface area contributed by atoms with Crippen LogP contribution in [0.25, 0.3) is 11.3 Å². The van der Waals surface area contributed by atoms with Gasteiger partial charge in [0, 0.05) is 12.1 Å². The molecule has 0 spiro atoms. The highest BCUT2D eigenvalue weighted by Crippen LogP contribution is 2.38. The standard InChI is InChI=1S/C28H29F3N2O3/c1-2-18-4-6-19(7-5-18)25-13-12-24(28(29,30)31)27(33-25)32-14-3-15-36-22-10-11-23-20(16-22)8-9-21(23)17-26(34)35/h4-7,10-13,16,21H,2-3,8-9,14-15,17H2,1H3,(H,32,33)(H,34,35)/t21-/m0/s1. The maximum atomic E-state index is 13.5. The van der Waals surface area contributed by atoms with E-state index in [0.29, 0.717) is 24.5 Å². The van der Waals surface area contributed by atoms with E-state index < -0.39 is 17.7 Å². The zero-order chi connectivity index (χ0) is 25.7. The minimum absolute atomic E-state index is 0.0337. The molecule has 0 unspecified atom stereocenters.